The first kappa shape index (κ1) is 18.6. The molecular weight excluding hydrogens is 344 g/mol. The van der Waals surface area contributed by atoms with Crippen LogP contribution in [0, 0.1) is 5.92 Å². The number of amides is 2. The Bertz CT molecular complexity index is 879. The quantitative estimate of drug-likeness (QED) is 0.823. The molecule has 140 valence electrons. The highest BCUT2D eigenvalue weighted by molar-refractivity contribution is 6.16. The lowest BCUT2D eigenvalue weighted by atomic mass is 9.97. The molecule has 0 fully saturated rings. The fourth-order valence-electron chi connectivity index (χ4n) is 3.27. The van der Waals surface area contributed by atoms with Gasteiger partial charge in [-0.3, -0.25) is 9.59 Å². The van der Waals surface area contributed by atoms with Crippen molar-refractivity contribution in [3.8, 4) is 0 Å². The lowest BCUT2D eigenvalue weighted by Crippen LogP contribution is -2.45. The van der Waals surface area contributed by atoms with Crippen molar-refractivity contribution in [2.45, 2.75) is 32.9 Å². The van der Waals surface area contributed by atoms with E-state index in [-0.39, 0.29) is 17.4 Å². The van der Waals surface area contributed by atoms with Gasteiger partial charge in [-0.2, -0.15) is 0 Å². The summed E-state index contributed by atoms with van der Waals surface area (Å²) < 4.78 is 0. The first-order chi connectivity index (χ1) is 12.9. The van der Waals surface area contributed by atoms with E-state index >= 15 is 0 Å². The Kier molecular flexibility index (Phi) is 5.26. The standard InChI is InChI=1S/C21H22N2O4/c1-3-13(2)18(21(26)27)22-19(24)16-11-7-8-14-12-23(20(25)17(14)16)15-9-5-4-6-10-15/h4-11,13,18H,3,12H2,1-2H3,(H,22,24)(H,26,27)/t13-,18-/m0/s1. The van der Waals surface area contributed by atoms with Gasteiger partial charge >= 0.3 is 5.97 Å². The normalized spacial score (nSPS) is 15.2. The van der Waals surface area contributed by atoms with Crippen LogP contribution in [0.1, 0.15) is 46.5 Å². The molecule has 2 aromatic rings. The molecule has 0 saturated heterocycles. The number of fused-ring (bicyclic) bond motifs is 1. The molecule has 0 aromatic heterocycles. The van der Waals surface area contributed by atoms with E-state index in [0.29, 0.717) is 18.5 Å². The Labute approximate surface area is 157 Å². The van der Waals surface area contributed by atoms with Crippen molar-refractivity contribution in [3.05, 3.63) is 65.2 Å². The van der Waals surface area contributed by atoms with E-state index in [1.54, 1.807) is 24.0 Å². The van der Waals surface area contributed by atoms with Gasteiger partial charge in [0.1, 0.15) is 6.04 Å². The molecule has 6 heteroatoms. The third-order valence-electron chi connectivity index (χ3n) is 5.02. The molecule has 2 aromatic carbocycles. The van der Waals surface area contributed by atoms with Crippen LogP contribution in [0.3, 0.4) is 0 Å². The largest absolute Gasteiger partial charge is 0.480 e. The minimum Gasteiger partial charge on any atom is -0.480 e. The van der Waals surface area contributed by atoms with Gasteiger partial charge in [0, 0.05) is 5.69 Å². The summed E-state index contributed by atoms with van der Waals surface area (Å²) in [4.78, 5) is 38.9. The molecule has 1 aliphatic rings. The van der Waals surface area contributed by atoms with Gasteiger partial charge in [-0.1, -0.05) is 50.6 Å². The zero-order valence-corrected chi connectivity index (χ0v) is 15.3. The number of nitrogens with zero attached hydrogens (tertiary/aromatic N) is 1. The summed E-state index contributed by atoms with van der Waals surface area (Å²) in [5.74, 6) is -2.09. The molecule has 1 aliphatic heterocycles. The monoisotopic (exact) mass is 366 g/mol. The molecule has 3 rings (SSSR count). The van der Waals surface area contributed by atoms with E-state index in [2.05, 4.69) is 5.32 Å². The van der Waals surface area contributed by atoms with Crippen molar-refractivity contribution >= 4 is 23.5 Å². The molecule has 27 heavy (non-hydrogen) atoms. The second-order valence-corrected chi connectivity index (χ2v) is 6.74. The average molecular weight is 366 g/mol. The minimum atomic E-state index is -1.08. The van der Waals surface area contributed by atoms with Crippen LogP contribution in [0.15, 0.2) is 48.5 Å². The zero-order chi connectivity index (χ0) is 19.6. The molecule has 0 radical (unpaired) electrons. The number of carboxylic acids is 1. The van der Waals surface area contributed by atoms with Gasteiger partial charge in [0.05, 0.1) is 17.7 Å². The Morgan fingerprint density at radius 3 is 2.48 bits per heavy atom. The number of anilines is 1. The summed E-state index contributed by atoms with van der Waals surface area (Å²) in [6.07, 6.45) is 0.616. The molecule has 0 aliphatic carbocycles. The molecule has 0 bridgehead atoms. The number of hydrogen-bond donors (Lipinski definition) is 2. The topological polar surface area (TPSA) is 86.7 Å². The molecule has 6 nitrogen and oxygen atoms in total. The Balaban J connectivity index is 1.90. The summed E-state index contributed by atoms with van der Waals surface area (Å²) in [6.45, 7) is 4.03. The summed E-state index contributed by atoms with van der Waals surface area (Å²) in [5.41, 5.74) is 2.07. The highest BCUT2D eigenvalue weighted by Gasteiger charge is 2.34. The number of carbonyl (C=O) groups is 3. The predicted molar refractivity (Wildman–Crippen MR) is 102 cm³/mol. The van der Waals surface area contributed by atoms with Crippen LogP contribution in [0.25, 0.3) is 0 Å². The van der Waals surface area contributed by atoms with Crippen LogP contribution in [0.2, 0.25) is 0 Å². The maximum atomic E-state index is 13.0. The Hall–Kier alpha value is -3.15. The maximum Gasteiger partial charge on any atom is 0.326 e. The van der Waals surface area contributed by atoms with E-state index in [9.17, 15) is 19.5 Å². The molecular formula is C21H22N2O4. The molecule has 0 spiro atoms. The van der Waals surface area contributed by atoms with Crippen LogP contribution in [-0.4, -0.2) is 28.9 Å². The van der Waals surface area contributed by atoms with E-state index in [1.807, 2.05) is 43.3 Å². The second-order valence-electron chi connectivity index (χ2n) is 6.74. The summed E-state index contributed by atoms with van der Waals surface area (Å²) in [7, 11) is 0. The SMILES string of the molecule is CC[C@H](C)[C@H](NC(=O)c1cccc2c1C(=O)N(c1ccccc1)C2)C(=O)O. The molecule has 0 unspecified atom stereocenters. The van der Waals surface area contributed by atoms with Gasteiger partial charge in [0.15, 0.2) is 0 Å². The smallest absolute Gasteiger partial charge is 0.326 e. The van der Waals surface area contributed by atoms with Gasteiger partial charge in [0.25, 0.3) is 11.8 Å². The fourth-order valence-corrected chi connectivity index (χ4v) is 3.27. The van der Waals surface area contributed by atoms with Crippen LogP contribution in [0.4, 0.5) is 5.69 Å². The maximum absolute atomic E-state index is 13.0. The van der Waals surface area contributed by atoms with E-state index in [4.69, 9.17) is 0 Å². The van der Waals surface area contributed by atoms with E-state index in [1.165, 1.54) is 0 Å². The summed E-state index contributed by atoms with van der Waals surface area (Å²) in [5, 5.41) is 12.0. The van der Waals surface area contributed by atoms with Gasteiger partial charge in [0.2, 0.25) is 0 Å². The molecule has 2 atom stereocenters. The van der Waals surface area contributed by atoms with Gasteiger partial charge in [-0.15, -0.1) is 0 Å². The molecule has 2 N–H and O–H groups in total. The first-order valence-electron chi connectivity index (χ1n) is 8.96. The van der Waals surface area contributed by atoms with Crippen molar-refractivity contribution in [1.82, 2.24) is 5.32 Å². The predicted octanol–water partition coefficient (Wildman–Crippen LogP) is 3.08. The molecule has 2 amide bonds. The van der Waals surface area contributed by atoms with E-state index in [0.717, 1.165) is 11.3 Å². The number of carboxylic acid groups (broad SMARTS) is 1. The fraction of sp³-hybridized carbons (Fsp3) is 0.286. The number of para-hydroxylation sites is 1. The van der Waals surface area contributed by atoms with Crippen molar-refractivity contribution in [3.63, 3.8) is 0 Å². The number of nitrogens with one attached hydrogen (secondary N) is 1. The number of benzene rings is 2. The third kappa shape index (κ3) is 3.56. The van der Waals surface area contributed by atoms with Gasteiger partial charge in [-0.25, -0.2) is 4.79 Å². The molecule has 1 heterocycles. The van der Waals surface area contributed by atoms with Crippen LogP contribution in [0.5, 0.6) is 0 Å². The van der Waals surface area contributed by atoms with Crippen molar-refractivity contribution in [2.75, 3.05) is 4.90 Å². The molecule has 0 saturated carbocycles. The van der Waals surface area contributed by atoms with Crippen LogP contribution in [-0.2, 0) is 11.3 Å². The highest BCUT2D eigenvalue weighted by Crippen LogP contribution is 2.30. The highest BCUT2D eigenvalue weighted by atomic mass is 16.4. The number of rotatable bonds is 6. The van der Waals surface area contributed by atoms with Crippen molar-refractivity contribution in [2.24, 2.45) is 5.92 Å². The van der Waals surface area contributed by atoms with Crippen molar-refractivity contribution < 1.29 is 19.5 Å². The first-order valence-corrected chi connectivity index (χ1v) is 8.96. The zero-order valence-electron chi connectivity index (χ0n) is 15.3. The van der Waals surface area contributed by atoms with Crippen molar-refractivity contribution in [1.29, 1.82) is 0 Å². The second kappa shape index (κ2) is 7.61. The van der Waals surface area contributed by atoms with E-state index < -0.39 is 17.9 Å². The van der Waals surface area contributed by atoms with Gasteiger partial charge < -0.3 is 15.3 Å². The summed E-state index contributed by atoms with van der Waals surface area (Å²) in [6, 6.07) is 13.4. The third-order valence-corrected chi connectivity index (χ3v) is 5.02. The lowest BCUT2D eigenvalue weighted by Gasteiger charge is -2.20. The Morgan fingerprint density at radius 2 is 1.85 bits per heavy atom. The number of carbonyl (C=O) groups excluding carboxylic acids is 2. The number of aliphatic carboxylic acids is 1. The average Bonchev–Trinajstić information content (AvgIpc) is 3.02. The number of hydrogen-bond acceptors (Lipinski definition) is 3. The van der Waals surface area contributed by atoms with Crippen LogP contribution >= 0.6 is 0 Å². The summed E-state index contributed by atoms with van der Waals surface area (Å²) >= 11 is 0. The lowest BCUT2D eigenvalue weighted by molar-refractivity contribution is -0.140. The van der Waals surface area contributed by atoms with Gasteiger partial charge in [-0.05, 0) is 29.7 Å². The Morgan fingerprint density at radius 1 is 1.15 bits per heavy atom. The van der Waals surface area contributed by atoms with Crippen LogP contribution < -0.4 is 10.2 Å². The minimum absolute atomic E-state index is 0.213.